The lowest BCUT2D eigenvalue weighted by molar-refractivity contribution is 0.199. The molecule has 1 aromatic rings. The van der Waals surface area contributed by atoms with Crippen LogP contribution in [0.3, 0.4) is 0 Å². The summed E-state index contributed by atoms with van der Waals surface area (Å²) < 4.78 is 13.8. The molecule has 0 fully saturated rings. The summed E-state index contributed by atoms with van der Waals surface area (Å²) in [7, 11) is 1.90. The molecule has 0 aliphatic heterocycles. The largest absolute Gasteiger partial charge is 0.389 e. The normalized spacial score (nSPS) is 12.5. The summed E-state index contributed by atoms with van der Waals surface area (Å²) >= 11 is 0. The number of benzene rings is 1. The van der Waals surface area contributed by atoms with E-state index in [0.29, 0.717) is 11.3 Å². The maximum atomic E-state index is 13.8. The molecule has 17 heavy (non-hydrogen) atoms. The second-order valence-electron chi connectivity index (χ2n) is 4.52. The summed E-state index contributed by atoms with van der Waals surface area (Å²) in [4.78, 5) is 1.93. The van der Waals surface area contributed by atoms with Gasteiger partial charge in [-0.25, -0.2) is 4.39 Å². The Balaban J connectivity index is 2.70. The molecule has 0 radical (unpaired) electrons. The molecule has 0 heterocycles. The zero-order chi connectivity index (χ0) is 12.8. The SMILES string of the molecule is CCCCCN(C)c1ccc([C@H](C)O)cc1F. The minimum Gasteiger partial charge on any atom is -0.389 e. The van der Waals surface area contributed by atoms with Gasteiger partial charge in [0.25, 0.3) is 0 Å². The molecule has 0 amide bonds. The van der Waals surface area contributed by atoms with Gasteiger partial charge in [-0.15, -0.1) is 0 Å². The van der Waals surface area contributed by atoms with E-state index in [1.165, 1.54) is 6.07 Å². The maximum Gasteiger partial charge on any atom is 0.146 e. The second kappa shape index (κ2) is 6.60. The third kappa shape index (κ3) is 4.00. The van der Waals surface area contributed by atoms with Crippen molar-refractivity contribution in [1.82, 2.24) is 0 Å². The molecule has 3 heteroatoms. The summed E-state index contributed by atoms with van der Waals surface area (Å²) in [5.41, 5.74) is 1.22. The lowest BCUT2D eigenvalue weighted by atomic mass is 10.1. The van der Waals surface area contributed by atoms with Gasteiger partial charge in [0, 0.05) is 13.6 Å². The van der Waals surface area contributed by atoms with Gasteiger partial charge in [0.05, 0.1) is 11.8 Å². The fourth-order valence-corrected chi connectivity index (χ4v) is 1.81. The van der Waals surface area contributed by atoms with Crippen LogP contribution < -0.4 is 4.90 Å². The topological polar surface area (TPSA) is 23.5 Å². The lowest BCUT2D eigenvalue weighted by Gasteiger charge is -2.20. The first-order chi connectivity index (χ1) is 8.06. The summed E-state index contributed by atoms with van der Waals surface area (Å²) in [5.74, 6) is -0.262. The Bertz CT molecular complexity index is 352. The number of hydrogen-bond acceptors (Lipinski definition) is 2. The van der Waals surface area contributed by atoms with Crippen molar-refractivity contribution in [2.24, 2.45) is 0 Å². The van der Waals surface area contributed by atoms with Crippen LogP contribution in [-0.2, 0) is 0 Å². The Morgan fingerprint density at radius 1 is 1.35 bits per heavy atom. The molecule has 1 N–H and O–H groups in total. The van der Waals surface area contributed by atoms with Gasteiger partial charge in [-0.3, -0.25) is 0 Å². The predicted octanol–water partition coefficient (Wildman–Crippen LogP) is 3.51. The van der Waals surface area contributed by atoms with E-state index in [1.807, 2.05) is 11.9 Å². The molecular formula is C14H22FNO. The average Bonchev–Trinajstić information content (AvgIpc) is 2.28. The highest BCUT2D eigenvalue weighted by molar-refractivity contribution is 5.48. The second-order valence-corrected chi connectivity index (χ2v) is 4.52. The van der Waals surface area contributed by atoms with Gasteiger partial charge in [0.15, 0.2) is 0 Å². The van der Waals surface area contributed by atoms with Crippen LogP contribution >= 0.6 is 0 Å². The Hall–Kier alpha value is -1.09. The highest BCUT2D eigenvalue weighted by Crippen LogP contribution is 2.22. The van der Waals surface area contributed by atoms with E-state index in [4.69, 9.17) is 0 Å². The van der Waals surface area contributed by atoms with Gasteiger partial charge in [0.2, 0.25) is 0 Å². The van der Waals surface area contributed by atoms with Gasteiger partial charge in [-0.1, -0.05) is 25.8 Å². The molecule has 0 unspecified atom stereocenters. The molecule has 0 spiro atoms. The first-order valence-corrected chi connectivity index (χ1v) is 6.25. The van der Waals surface area contributed by atoms with Crippen LogP contribution in [-0.4, -0.2) is 18.7 Å². The molecule has 0 saturated carbocycles. The smallest absolute Gasteiger partial charge is 0.146 e. The molecule has 1 aromatic carbocycles. The molecule has 0 bridgehead atoms. The summed E-state index contributed by atoms with van der Waals surface area (Å²) in [6.07, 6.45) is 2.78. The van der Waals surface area contributed by atoms with Crippen LogP contribution in [0.5, 0.6) is 0 Å². The van der Waals surface area contributed by atoms with E-state index in [1.54, 1.807) is 19.1 Å². The highest BCUT2D eigenvalue weighted by atomic mass is 19.1. The predicted molar refractivity (Wildman–Crippen MR) is 69.8 cm³/mol. The molecule has 0 aliphatic carbocycles. The van der Waals surface area contributed by atoms with Crippen LogP contribution in [0.25, 0.3) is 0 Å². The lowest BCUT2D eigenvalue weighted by Crippen LogP contribution is -2.19. The van der Waals surface area contributed by atoms with Crippen molar-refractivity contribution >= 4 is 5.69 Å². The Morgan fingerprint density at radius 3 is 2.59 bits per heavy atom. The van der Waals surface area contributed by atoms with E-state index < -0.39 is 6.10 Å². The first kappa shape index (κ1) is 14.0. The number of aliphatic hydroxyl groups is 1. The monoisotopic (exact) mass is 239 g/mol. The number of aliphatic hydroxyl groups excluding tert-OH is 1. The number of hydrogen-bond donors (Lipinski definition) is 1. The Kier molecular flexibility index (Phi) is 5.42. The van der Waals surface area contributed by atoms with Gasteiger partial charge < -0.3 is 10.0 Å². The van der Waals surface area contributed by atoms with Crippen molar-refractivity contribution in [3.8, 4) is 0 Å². The number of halogens is 1. The fraction of sp³-hybridized carbons (Fsp3) is 0.571. The van der Waals surface area contributed by atoms with Crippen molar-refractivity contribution in [2.45, 2.75) is 39.2 Å². The summed E-state index contributed by atoms with van der Waals surface area (Å²) in [6, 6.07) is 4.93. The van der Waals surface area contributed by atoms with Crippen molar-refractivity contribution < 1.29 is 9.50 Å². The molecule has 96 valence electrons. The molecule has 2 nitrogen and oxygen atoms in total. The zero-order valence-electron chi connectivity index (χ0n) is 10.9. The molecule has 1 atom stereocenters. The Labute approximate surface area is 103 Å². The number of nitrogens with zero attached hydrogens (tertiary/aromatic N) is 1. The van der Waals surface area contributed by atoms with Gasteiger partial charge >= 0.3 is 0 Å². The summed E-state index contributed by atoms with van der Waals surface area (Å²) in [6.45, 7) is 4.65. The minimum atomic E-state index is -0.621. The maximum absolute atomic E-state index is 13.8. The van der Waals surface area contributed by atoms with Crippen LogP contribution in [0.15, 0.2) is 18.2 Å². The minimum absolute atomic E-state index is 0.262. The van der Waals surface area contributed by atoms with Crippen molar-refractivity contribution in [3.63, 3.8) is 0 Å². The van der Waals surface area contributed by atoms with E-state index >= 15 is 0 Å². The van der Waals surface area contributed by atoms with Crippen LogP contribution in [0.2, 0.25) is 0 Å². The standard InChI is InChI=1S/C14H22FNO/c1-4-5-6-9-16(3)14-8-7-12(11(2)17)10-13(14)15/h7-8,10-11,17H,4-6,9H2,1-3H3/t11-/m0/s1. The third-order valence-electron chi connectivity index (χ3n) is 2.96. The van der Waals surface area contributed by atoms with Gasteiger partial charge in [0.1, 0.15) is 5.82 Å². The molecule has 0 aliphatic rings. The van der Waals surface area contributed by atoms with E-state index in [9.17, 15) is 9.50 Å². The zero-order valence-corrected chi connectivity index (χ0v) is 10.9. The average molecular weight is 239 g/mol. The molecule has 1 rings (SSSR count). The van der Waals surface area contributed by atoms with E-state index in [0.717, 1.165) is 25.8 Å². The Morgan fingerprint density at radius 2 is 2.06 bits per heavy atom. The van der Waals surface area contributed by atoms with Crippen molar-refractivity contribution in [1.29, 1.82) is 0 Å². The van der Waals surface area contributed by atoms with E-state index in [-0.39, 0.29) is 5.82 Å². The first-order valence-electron chi connectivity index (χ1n) is 6.25. The fourth-order valence-electron chi connectivity index (χ4n) is 1.81. The molecule has 0 aromatic heterocycles. The molecular weight excluding hydrogens is 217 g/mol. The van der Waals surface area contributed by atoms with Crippen molar-refractivity contribution in [3.05, 3.63) is 29.6 Å². The van der Waals surface area contributed by atoms with Gasteiger partial charge in [-0.2, -0.15) is 0 Å². The van der Waals surface area contributed by atoms with Crippen LogP contribution in [0.4, 0.5) is 10.1 Å². The molecule has 0 saturated heterocycles. The van der Waals surface area contributed by atoms with Crippen LogP contribution in [0, 0.1) is 5.82 Å². The van der Waals surface area contributed by atoms with E-state index in [2.05, 4.69) is 6.92 Å². The highest BCUT2D eigenvalue weighted by Gasteiger charge is 2.10. The number of rotatable bonds is 6. The third-order valence-corrected chi connectivity index (χ3v) is 2.96. The van der Waals surface area contributed by atoms with Crippen LogP contribution in [0.1, 0.15) is 44.8 Å². The summed E-state index contributed by atoms with van der Waals surface area (Å²) in [5, 5.41) is 9.37. The number of unbranched alkanes of at least 4 members (excludes halogenated alkanes) is 2. The quantitative estimate of drug-likeness (QED) is 0.768. The van der Waals surface area contributed by atoms with Gasteiger partial charge in [-0.05, 0) is 31.0 Å². The van der Waals surface area contributed by atoms with Crippen molar-refractivity contribution in [2.75, 3.05) is 18.5 Å². The number of anilines is 1.